The van der Waals surface area contributed by atoms with E-state index < -0.39 is 5.97 Å². The Bertz CT molecular complexity index is 1220. The average molecular weight is 481 g/mol. The number of benzene rings is 2. The highest BCUT2D eigenvalue weighted by Gasteiger charge is 2.25. The maximum absolute atomic E-state index is 13.0. The zero-order valence-corrected chi connectivity index (χ0v) is 19.1. The highest BCUT2D eigenvalue weighted by atomic mass is 79.9. The molecule has 0 bridgehead atoms. The number of nitrogens with two attached hydrogens (primary N) is 1. The number of fused-ring (bicyclic) bond motifs is 2. The highest BCUT2D eigenvalue weighted by Crippen LogP contribution is 2.32. The zero-order valence-electron chi connectivity index (χ0n) is 17.5. The Morgan fingerprint density at radius 2 is 1.68 bits per heavy atom. The number of carbonyl (C=O) groups is 1. The van der Waals surface area contributed by atoms with Gasteiger partial charge in [-0.1, -0.05) is 60.7 Å². The van der Waals surface area contributed by atoms with Crippen molar-refractivity contribution in [3.05, 3.63) is 58.6 Å². The van der Waals surface area contributed by atoms with Crippen LogP contribution < -0.4 is 5.73 Å². The number of nitrogen functional groups attached to an aromatic ring is 1. The number of esters is 1. The number of para-hydroxylation sites is 2. The van der Waals surface area contributed by atoms with E-state index in [1.165, 1.54) is 12.8 Å². The topological polar surface area (TPSA) is 83.0 Å². The summed E-state index contributed by atoms with van der Waals surface area (Å²) in [6, 6.07) is 15.2. The normalized spacial score (nSPS) is 11.3. The molecule has 6 nitrogen and oxygen atoms in total. The van der Waals surface area contributed by atoms with Crippen molar-refractivity contribution in [3.8, 4) is 5.69 Å². The van der Waals surface area contributed by atoms with Crippen LogP contribution in [0.2, 0.25) is 0 Å². The molecule has 4 rings (SSSR count). The summed E-state index contributed by atoms with van der Waals surface area (Å²) in [6.07, 6.45) is 5.41. The first kappa shape index (κ1) is 21.3. The molecule has 0 spiro atoms. The second-order valence-electron chi connectivity index (χ2n) is 7.51. The van der Waals surface area contributed by atoms with Gasteiger partial charge in [-0.25, -0.2) is 14.8 Å². The van der Waals surface area contributed by atoms with Gasteiger partial charge in [0.1, 0.15) is 16.9 Å². The Hall–Kier alpha value is -2.93. The van der Waals surface area contributed by atoms with Crippen LogP contribution in [-0.2, 0) is 4.74 Å². The molecule has 0 fully saturated rings. The molecular formula is C24H25BrN4O2. The third-order valence-corrected chi connectivity index (χ3v) is 5.80. The summed E-state index contributed by atoms with van der Waals surface area (Å²) in [6.45, 7) is 2.54. The molecule has 0 saturated heterocycles. The van der Waals surface area contributed by atoms with Crippen molar-refractivity contribution in [2.45, 2.75) is 39.0 Å². The Morgan fingerprint density at radius 1 is 1.00 bits per heavy atom. The second kappa shape index (κ2) is 9.47. The van der Waals surface area contributed by atoms with Gasteiger partial charge in [0, 0.05) is 10.2 Å². The van der Waals surface area contributed by atoms with Gasteiger partial charge in [0.2, 0.25) is 0 Å². The number of anilines is 1. The van der Waals surface area contributed by atoms with Gasteiger partial charge >= 0.3 is 5.97 Å². The van der Waals surface area contributed by atoms with Crippen LogP contribution in [0.15, 0.2) is 53.0 Å². The van der Waals surface area contributed by atoms with Crippen molar-refractivity contribution >= 4 is 49.9 Å². The van der Waals surface area contributed by atoms with Crippen molar-refractivity contribution in [1.82, 2.24) is 14.5 Å². The van der Waals surface area contributed by atoms with E-state index in [0.717, 1.165) is 34.9 Å². The molecule has 0 atom stereocenters. The Kier molecular flexibility index (Phi) is 6.51. The van der Waals surface area contributed by atoms with Crippen molar-refractivity contribution in [2.24, 2.45) is 0 Å². The largest absolute Gasteiger partial charge is 0.462 e. The van der Waals surface area contributed by atoms with Gasteiger partial charge in [-0.2, -0.15) is 0 Å². The molecule has 2 heterocycles. The van der Waals surface area contributed by atoms with Crippen LogP contribution >= 0.6 is 15.9 Å². The fraction of sp³-hybridized carbons (Fsp3) is 0.292. The fourth-order valence-electron chi connectivity index (χ4n) is 3.66. The van der Waals surface area contributed by atoms with Crippen LogP contribution in [0.4, 0.5) is 5.82 Å². The van der Waals surface area contributed by atoms with Crippen molar-refractivity contribution < 1.29 is 9.53 Å². The van der Waals surface area contributed by atoms with Crippen LogP contribution in [0.3, 0.4) is 0 Å². The summed E-state index contributed by atoms with van der Waals surface area (Å²) in [5, 5.41) is 0. The predicted molar refractivity (Wildman–Crippen MR) is 128 cm³/mol. The van der Waals surface area contributed by atoms with Gasteiger partial charge in [-0.05, 0) is 42.8 Å². The molecule has 7 heteroatoms. The second-order valence-corrected chi connectivity index (χ2v) is 8.42. The van der Waals surface area contributed by atoms with Gasteiger partial charge < -0.3 is 10.5 Å². The third kappa shape index (κ3) is 4.42. The first-order chi connectivity index (χ1) is 15.1. The quantitative estimate of drug-likeness (QED) is 0.245. The van der Waals surface area contributed by atoms with Crippen molar-refractivity contribution in [1.29, 1.82) is 0 Å². The van der Waals surface area contributed by atoms with Gasteiger partial charge in [0.15, 0.2) is 5.65 Å². The summed E-state index contributed by atoms with van der Waals surface area (Å²) in [5.74, 6) is -0.179. The Morgan fingerprint density at radius 3 is 2.39 bits per heavy atom. The molecule has 2 N–H and O–H groups in total. The van der Waals surface area contributed by atoms with Crippen molar-refractivity contribution in [2.75, 3.05) is 12.3 Å². The van der Waals surface area contributed by atoms with Crippen LogP contribution in [0, 0.1) is 0 Å². The molecule has 0 aliphatic carbocycles. The maximum Gasteiger partial charge on any atom is 0.344 e. The number of unbranched alkanes of at least 4 members (excludes halogenated alkanes) is 4. The van der Waals surface area contributed by atoms with E-state index in [4.69, 9.17) is 20.4 Å². The highest BCUT2D eigenvalue weighted by molar-refractivity contribution is 9.10. The zero-order chi connectivity index (χ0) is 21.8. The minimum absolute atomic E-state index is 0.268. The molecule has 2 aromatic carbocycles. The minimum Gasteiger partial charge on any atom is -0.462 e. The summed E-state index contributed by atoms with van der Waals surface area (Å²) >= 11 is 3.46. The number of hydrogen-bond donors (Lipinski definition) is 1. The molecule has 31 heavy (non-hydrogen) atoms. The van der Waals surface area contributed by atoms with E-state index in [0.29, 0.717) is 23.3 Å². The van der Waals surface area contributed by atoms with Crippen LogP contribution in [0.5, 0.6) is 0 Å². The lowest BCUT2D eigenvalue weighted by Crippen LogP contribution is -2.10. The first-order valence-corrected chi connectivity index (χ1v) is 11.4. The standard InChI is InChI=1S/C24H25BrN4O2/c1-2-3-4-5-8-15-31-24(30)20-21-23(28-19-10-7-6-9-18(19)27-21)29(22(20)26)17-13-11-16(25)12-14-17/h6-7,9-14H,2-5,8,15,26H2,1H3. The fourth-order valence-corrected chi connectivity index (χ4v) is 3.92. The molecule has 4 aromatic rings. The summed E-state index contributed by atoms with van der Waals surface area (Å²) in [4.78, 5) is 22.5. The molecule has 0 radical (unpaired) electrons. The van der Waals surface area contributed by atoms with Crippen LogP contribution in [0.25, 0.3) is 27.9 Å². The molecule has 0 amide bonds. The van der Waals surface area contributed by atoms with E-state index in [9.17, 15) is 4.79 Å². The number of halogens is 1. The number of aromatic nitrogens is 3. The number of nitrogens with zero attached hydrogens (tertiary/aromatic N) is 3. The van der Waals surface area contributed by atoms with E-state index in [1.54, 1.807) is 4.57 Å². The molecule has 0 unspecified atom stereocenters. The lowest BCUT2D eigenvalue weighted by molar-refractivity contribution is 0.0501. The number of hydrogen-bond acceptors (Lipinski definition) is 5. The number of ether oxygens (including phenoxy) is 1. The molecule has 2 aromatic heterocycles. The van der Waals surface area contributed by atoms with Gasteiger partial charge in [-0.15, -0.1) is 0 Å². The SMILES string of the molecule is CCCCCCCOC(=O)c1c(N)n(-c2ccc(Br)cc2)c2nc3ccccc3nc12. The van der Waals surface area contributed by atoms with Gasteiger partial charge in [-0.3, -0.25) is 4.57 Å². The lowest BCUT2D eigenvalue weighted by Gasteiger charge is -2.08. The Balaban J connectivity index is 1.75. The van der Waals surface area contributed by atoms with Gasteiger partial charge in [0.25, 0.3) is 0 Å². The molecule has 0 aliphatic rings. The van der Waals surface area contributed by atoms with E-state index in [-0.39, 0.29) is 11.4 Å². The molecule has 160 valence electrons. The lowest BCUT2D eigenvalue weighted by atomic mass is 10.2. The van der Waals surface area contributed by atoms with E-state index in [1.807, 2.05) is 48.5 Å². The summed E-state index contributed by atoms with van der Waals surface area (Å²) in [7, 11) is 0. The van der Waals surface area contributed by atoms with Crippen LogP contribution in [-0.4, -0.2) is 27.1 Å². The van der Waals surface area contributed by atoms with Crippen LogP contribution in [0.1, 0.15) is 49.4 Å². The minimum atomic E-state index is -0.460. The smallest absolute Gasteiger partial charge is 0.344 e. The summed E-state index contributed by atoms with van der Waals surface area (Å²) in [5.41, 5.74) is 9.99. The third-order valence-electron chi connectivity index (χ3n) is 5.27. The molecular weight excluding hydrogens is 456 g/mol. The Labute approximate surface area is 189 Å². The number of rotatable bonds is 8. The maximum atomic E-state index is 13.0. The predicted octanol–water partition coefficient (Wildman–Crippen LogP) is 6.05. The molecule has 0 aliphatic heterocycles. The van der Waals surface area contributed by atoms with E-state index >= 15 is 0 Å². The molecule has 0 saturated carbocycles. The first-order valence-electron chi connectivity index (χ1n) is 10.6. The van der Waals surface area contributed by atoms with Gasteiger partial charge in [0.05, 0.1) is 17.6 Å². The monoisotopic (exact) mass is 480 g/mol. The number of carbonyl (C=O) groups excluding carboxylic acids is 1. The van der Waals surface area contributed by atoms with Crippen molar-refractivity contribution in [3.63, 3.8) is 0 Å². The summed E-state index contributed by atoms with van der Waals surface area (Å²) < 4.78 is 8.28. The average Bonchev–Trinajstić information content (AvgIpc) is 3.06. The van der Waals surface area contributed by atoms with E-state index in [2.05, 4.69) is 22.9 Å².